The van der Waals surface area contributed by atoms with Gasteiger partial charge in [0.25, 0.3) is 0 Å². The van der Waals surface area contributed by atoms with Crippen LogP contribution < -0.4 is 4.74 Å². The molecule has 0 radical (unpaired) electrons. The summed E-state index contributed by atoms with van der Waals surface area (Å²) in [4.78, 5) is 7.23. The number of fused-ring (bicyclic) bond motifs is 2. The number of aliphatic hydroxyl groups is 1. The van der Waals surface area contributed by atoms with Gasteiger partial charge < -0.3 is 9.84 Å². The molecule has 1 fully saturated rings. The highest BCUT2D eigenvalue weighted by molar-refractivity contribution is 6.11. The quantitative estimate of drug-likeness (QED) is 0.443. The van der Waals surface area contributed by atoms with Gasteiger partial charge in [0.15, 0.2) is 0 Å². The second kappa shape index (κ2) is 10.0. The second-order valence-corrected chi connectivity index (χ2v) is 11.2. The van der Waals surface area contributed by atoms with E-state index in [0.717, 1.165) is 59.7 Å². The van der Waals surface area contributed by atoms with Gasteiger partial charge >= 0.3 is 0 Å². The summed E-state index contributed by atoms with van der Waals surface area (Å²) < 4.78 is 5.93. The zero-order chi connectivity index (χ0) is 25.4. The number of aromatic nitrogens is 1. The molecule has 3 heterocycles. The van der Waals surface area contributed by atoms with Crippen LogP contribution in [0.15, 0.2) is 54.9 Å². The lowest BCUT2D eigenvalue weighted by atomic mass is 9.89. The van der Waals surface area contributed by atoms with Crippen LogP contribution in [0.2, 0.25) is 0 Å². The van der Waals surface area contributed by atoms with Crippen molar-refractivity contribution in [3.63, 3.8) is 0 Å². The minimum absolute atomic E-state index is 0.409. The molecular weight excluding hydrogens is 458 g/mol. The molecule has 192 valence electrons. The molecule has 1 aliphatic carbocycles. The van der Waals surface area contributed by atoms with E-state index in [0.29, 0.717) is 24.5 Å². The first-order valence-electron chi connectivity index (χ1n) is 13.9. The van der Waals surface area contributed by atoms with Crippen LogP contribution in [0.25, 0.3) is 11.1 Å². The second-order valence-electron chi connectivity index (χ2n) is 11.2. The summed E-state index contributed by atoms with van der Waals surface area (Å²) in [6, 6.07) is 15.4. The van der Waals surface area contributed by atoms with Gasteiger partial charge in [-0.15, -0.1) is 0 Å². The van der Waals surface area contributed by atoms with Crippen molar-refractivity contribution in [3.05, 3.63) is 82.7 Å². The van der Waals surface area contributed by atoms with Crippen LogP contribution in [0.5, 0.6) is 5.75 Å². The van der Waals surface area contributed by atoms with Crippen molar-refractivity contribution in [2.45, 2.75) is 69.9 Å². The summed E-state index contributed by atoms with van der Waals surface area (Å²) in [5.74, 6) is 0.672. The van der Waals surface area contributed by atoms with E-state index in [4.69, 9.17) is 10.1 Å². The van der Waals surface area contributed by atoms with Gasteiger partial charge in [0.05, 0.1) is 17.9 Å². The van der Waals surface area contributed by atoms with Crippen molar-refractivity contribution in [1.82, 2.24) is 9.88 Å². The molecule has 1 atom stereocenters. The third kappa shape index (κ3) is 4.95. The van der Waals surface area contributed by atoms with Crippen LogP contribution in [-0.4, -0.2) is 46.4 Å². The van der Waals surface area contributed by atoms with Crippen molar-refractivity contribution in [2.24, 2.45) is 0 Å². The first-order chi connectivity index (χ1) is 18.0. The van der Waals surface area contributed by atoms with E-state index in [-0.39, 0.29) is 0 Å². The van der Waals surface area contributed by atoms with E-state index in [1.54, 1.807) is 6.20 Å². The van der Waals surface area contributed by atoms with Gasteiger partial charge in [-0.3, -0.25) is 15.3 Å². The van der Waals surface area contributed by atoms with E-state index in [2.05, 4.69) is 34.1 Å². The van der Waals surface area contributed by atoms with Crippen molar-refractivity contribution >= 4 is 5.71 Å². The third-order valence-corrected chi connectivity index (χ3v) is 8.66. The molecule has 5 nitrogen and oxygen atoms in total. The highest BCUT2D eigenvalue weighted by Gasteiger charge is 2.29. The molecule has 37 heavy (non-hydrogen) atoms. The maximum absolute atomic E-state index is 10.8. The van der Waals surface area contributed by atoms with Gasteiger partial charge in [0.2, 0.25) is 0 Å². The van der Waals surface area contributed by atoms with Crippen molar-refractivity contribution in [3.8, 4) is 16.9 Å². The van der Waals surface area contributed by atoms with Crippen LogP contribution >= 0.6 is 0 Å². The Morgan fingerprint density at radius 2 is 1.76 bits per heavy atom. The fourth-order valence-corrected chi connectivity index (χ4v) is 6.43. The predicted octanol–water partition coefficient (Wildman–Crippen LogP) is 5.89. The largest absolute Gasteiger partial charge is 0.493 e. The lowest BCUT2D eigenvalue weighted by Crippen LogP contribution is -2.35. The number of hydrogen-bond acceptors (Lipinski definition) is 5. The van der Waals surface area contributed by atoms with Gasteiger partial charge in [-0.1, -0.05) is 43.2 Å². The standard InChI is InChI=1S/C32H37N3O2/c1-32(36)13-4-16-37-30-19-25(9-10-29(30)32)31(33)27-18-26(20-34-21-27)23-8-7-22-11-14-35(15-12-24(22)17-23)28-5-2-3-6-28/h7-10,17-21,28,33,36H,2-6,11-16H2,1H3. The van der Waals surface area contributed by atoms with E-state index in [1.165, 1.54) is 43.4 Å². The Labute approximate surface area is 220 Å². The fraction of sp³-hybridized carbons (Fsp3) is 0.438. The van der Waals surface area contributed by atoms with Gasteiger partial charge in [-0.05, 0) is 74.3 Å². The van der Waals surface area contributed by atoms with E-state index < -0.39 is 5.60 Å². The van der Waals surface area contributed by atoms with Crippen LogP contribution in [0, 0.1) is 5.41 Å². The molecule has 1 saturated carbocycles. The molecular formula is C32H37N3O2. The minimum atomic E-state index is -0.909. The first-order valence-corrected chi connectivity index (χ1v) is 13.9. The van der Waals surface area contributed by atoms with Crippen LogP contribution in [0.1, 0.15) is 73.3 Å². The molecule has 2 aromatic carbocycles. The SMILES string of the molecule is CC1(O)CCCOc2cc(C(=N)c3cncc(-c4ccc5c(c4)CCN(C4CCCC4)CC5)c3)ccc21. The highest BCUT2D eigenvalue weighted by Crippen LogP contribution is 2.37. The number of pyridine rings is 1. The van der Waals surface area contributed by atoms with Crippen molar-refractivity contribution < 1.29 is 9.84 Å². The summed E-state index contributed by atoms with van der Waals surface area (Å²) in [6.45, 7) is 4.74. The first kappa shape index (κ1) is 24.3. The highest BCUT2D eigenvalue weighted by atomic mass is 16.5. The van der Waals surface area contributed by atoms with Crippen molar-refractivity contribution in [2.75, 3.05) is 19.7 Å². The molecule has 2 aliphatic heterocycles. The molecule has 6 rings (SSSR count). The van der Waals surface area contributed by atoms with Crippen LogP contribution in [0.4, 0.5) is 0 Å². The molecule has 0 spiro atoms. The molecule has 5 heteroatoms. The number of hydrogen-bond donors (Lipinski definition) is 2. The Balaban J connectivity index is 1.24. The number of ether oxygens (including phenoxy) is 1. The minimum Gasteiger partial charge on any atom is -0.493 e. The molecule has 3 aliphatic rings. The molecule has 0 amide bonds. The zero-order valence-corrected chi connectivity index (χ0v) is 21.8. The zero-order valence-electron chi connectivity index (χ0n) is 21.8. The number of nitrogens with one attached hydrogen (secondary N) is 1. The average molecular weight is 496 g/mol. The Kier molecular flexibility index (Phi) is 6.60. The molecule has 1 aromatic heterocycles. The van der Waals surface area contributed by atoms with Crippen LogP contribution in [0.3, 0.4) is 0 Å². The topological polar surface area (TPSA) is 69.4 Å². The van der Waals surface area contributed by atoms with E-state index in [1.807, 2.05) is 31.3 Å². The lowest BCUT2D eigenvalue weighted by Gasteiger charge is -2.26. The smallest absolute Gasteiger partial charge is 0.126 e. The van der Waals surface area contributed by atoms with Gasteiger partial charge in [-0.2, -0.15) is 0 Å². The maximum atomic E-state index is 10.8. The monoisotopic (exact) mass is 495 g/mol. The summed E-state index contributed by atoms with van der Waals surface area (Å²) in [7, 11) is 0. The summed E-state index contributed by atoms with van der Waals surface area (Å²) in [6.07, 6.45) is 12.9. The molecule has 0 saturated heterocycles. The van der Waals surface area contributed by atoms with Gasteiger partial charge in [0.1, 0.15) is 5.75 Å². The summed E-state index contributed by atoms with van der Waals surface area (Å²) in [5.41, 5.74) is 6.97. The molecule has 0 bridgehead atoms. The molecule has 1 unspecified atom stereocenters. The Bertz CT molecular complexity index is 1310. The normalized spacial score (nSPS) is 22.4. The third-order valence-electron chi connectivity index (χ3n) is 8.66. The van der Waals surface area contributed by atoms with E-state index >= 15 is 0 Å². The molecule has 3 aromatic rings. The Morgan fingerprint density at radius 3 is 2.59 bits per heavy atom. The summed E-state index contributed by atoms with van der Waals surface area (Å²) >= 11 is 0. The van der Waals surface area contributed by atoms with Gasteiger partial charge in [0, 0.05) is 53.8 Å². The fourth-order valence-electron chi connectivity index (χ4n) is 6.43. The Hall–Kier alpha value is -3.02. The van der Waals surface area contributed by atoms with Crippen LogP contribution in [-0.2, 0) is 18.4 Å². The number of rotatable bonds is 4. The predicted molar refractivity (Wildman–Crippen MR) is 148 cm³/mol. The average Bonchev–Trinajstić information content (AvgIpc) is 3.31. The van der Waals surface area contributed by atoms with E-state index in [9.17, 15) is 5.11 Å². The number of benzene rings is 2. The summed E-state index contributed by atoms with van der Waals surface area (Å²) in [5, 5.41) is 19.8. The van der Waals surface area contributed by atoms with Crippen molar-refractivity contribution in [1.29, 1.82) is 5.41 Å². The molecule has 2 N–H and O–H groups in total. The number of nitrogens with zero attached hydrogens (tertiary/aromatic N) is 2. The Morgan fingerprint density at radius 1 is 0.946 bits per heavy atom. The maximum Gasteiger partial charge on any atom is 0.126 e. The lowest BCUT2D eigenvalue weighted by molar-refractivity contribution is 0.0485. The van der Waals surface area contributed by atoms with Gasteiger partial charge in [-0.25, -0.2) is 0 Å².